The summed E-state index contributed by atoms with van der Waals surface area (Å²) in [7, 11) is -3.83. The van der Waals surface area contributed by atoms with Crippen molar-refractivity contribution in [1.82, 2.24) is 4.98 Å². The highest BCUT2D eigenvalue weighted by Gasteiger charge is 2.21. The fourth-order valence-electron chi connectivity index (χ4n) is 1.20. The summed E-state index contributed by atoms with van der Waals surface area (Å²) >= 11 is 12.8. The number of rotatable bonds is 3. The summed E-state index contributed by atoms with van der Waals surface area (Å²) in [4.78, 5) is 3.69. The Labute approximate surface area is 118 Å². The molecule has 0 unspecified atom stereocenters. The number of nitrogens with one attached hydrogen (secondary N) is 1. The lowest BCUT2D eigenvalue weighted by atomic mass is 10.3. The quantitative estimate of drug-likeness (QED) is 0.850. The number of aromatic nitrogens is 1. The second-order valence-corrected chi connectivity index (χ2v) is 6.55. The van der Waals surface area contributed by atoms with Crippen molar-refractivity contribution < 1.29 is 8.42 Å². The molecule has 9 heteroatoms. The first-order chi connectivity index (χ1) is 8.42. The van der Waals surface area contributed by atoms with Crippen LogP contribution in [0.25, 0.3) is 0 Å². The molecule has 1 heterocycles. The summed E-state index contributed by atoms with van der Waals surface area (Å²) < 4.78 is 26.4. The van der Waals surface area contributed by atoms with Crippen molar-refractivity contribution in [2.24, 2.45) is 0 Å². The van der Waals surface area contributed by atoms with E-state index in [4.69, 9.17) is 28.9 Å². The largest absolute Gasteiger partial charge is 0.396 e. The molecule has 2 rings (SSSR count). The average Bonchev–Trinajstić information content (AvgIpc) is 2.77. The van der Waals surface area contributed by atoms with Crippen LogP contribution in [0, 0.1) is 0 Å². The van der Waals surface area contributed by atoms with Gasteiger partial charge in [-0.2, -0.15) is 0 Å². The number of anilines is 2. The second kappa shape index (κ2) is 4.93. The minimum absolute atomic E-state index is 0.0281. The molecule has 3 N–H and O–H groups in total. The molecule has 2 aromatic rings. The van der Waals surface area contributed by atoms with Crippen LogP contribution >= 0.6 is 34.5 Å². The first-order valence-electron chi connectivity index (χ1n) is 4.57. The first-order valence-corrected chi connectivity index (χ1v) is 7.69. The number of hydrogen-bond donors (Lipinski definition) is 2. The molecule has 18 heavy (non-hydrogen) atoms. The number of nitrogen functional groups attached to an aromatic ring is 1. The normalized spacial score (nSPS) is 11.4. The van der Waals surface area contributed by atoms with Gasteiger partial charge in [-0.1, -0.05) is 23.2 Å². The van der Waals surface area contributed by atoms with Crippen LogP contribution in [0.3, 0.4) is 0 Å². The van der Waals surface area contributed by atoms with E-state index in [1.807, 2.05) is 0 Å². The maximum Gasteiger partial charge on any atom is 0.265 e. The van der Waals surface area contributed by atoms with Gasteiger partial charge in [-0.15, -0.1) is 11.3 Å². The Bertz CT molecular complexity index is 671. The van der Waals surface area contributed by atoms with Gasteiger partial charge in [0, 0.05) is 11.6 Å². The molecule has 0 saturated carbocycles. The van der Waals surface area contributed by atoms with Crippen LogP contribution in [0.4, 0.5) is 10.8 Å². The lowest BCUT2D eigenvalue weighted by Gasteiger charge is -2.09. The van der Waals surface area contributed by atoms with E-state index in [1.165, 1.54) is 18.3 Å². The smallest absolute Gasteiger partial charge is 0.265 e. The Morgan fingerprint density at radius 3 is 2.67 bits per heavy atom. The summed E-state index contributed by atoms with van der Waals surface area (Å²) in [6.45, 7) is 0. The van der Waals surface area contributed by atoms with Gasteiger partial charge in [0.1, 0.15) is 4.90 Å². The van der Waals surface area contributed by atoms with Crippen molar-refractivity contribution in [2.45, 2.75) is 4.90 Å². The molecule has 0 aliphatic rings. The fourth-order valence-corrected chi connectivity index (χ4v) is 3.76. The molecular weight excluding hydrogens is 317 g/mol. The van der Waals surface area contributed by atoms with Crippen LogP contribution in [0.2, 0.25) is 10.0 Å². The van der Waals surface area contributed by atoms with E-state index < -0.39 is 10.0 Å². The highest BCUT2D eigenvalue weighted by molar-refractivity contribution is 7.93. The number of benzene rings is 1. The third-order valence-corrected chi connectivity index (χ3v) is 5.08. The Morgan fingerprint density at radius 2 is 2.06 bits per heavy atom. The van der Waals surface area contributed by atoms with Gasteiger partial charge in [-0.3, -0.25) is 4.72 Å². The van der Waals surface area contributed by atoms with E-state index in [2.05, 4.69) is 9.71 Å². The highest BCUT2D eigenvalue weighted by Crippen LogP contribution is 2.33. The van der Waals surface area contributed by atoms with E-state index in [0.29, 0.717) is 0 Å². The number of thiazole rings is 1. The van der Waals surface area contributed by atoms with Crippen molar-refractivity contribution in [3.05, 3.63) is 33.8 Å². The number of hydrogen-bond acceptors (Lipinski definition) is 5. The van der Waals surface area contributed by atoms with Crippen LogP contribution in [0.1, 0.15) is 0 Å². The predicted octanol–water partition coefficient (Wildman–Crippen LogP) is 2.83. The lowest BCUT2D eigenvalue weighted by molar-refractivity contribution is 0.601. The van der Waals surface area contributed by atoms with E-state index in [9.17, 15) is 8.42 Å². The Hall–Kier alpha value is -1.02. The van der Waals surface area contributed by atoms with Crippen LogP contribution in [-0.4, -0.2) is 13.4 Å². The molecule has 0 spiro atoms. The van der Waals surface area contributed by atoms with Gasteiger partial charge >= 0.3 is 0 Å². The summed E-state index contributed by atoms with van der Waals surface area (Å²) in [6, 6.07) is 2.66. The van der Waals surface area contributed by atoms with Gasteiger partial charge in [0.15, 0.2) is 5.13 Å². The van der Waals surface area contributed by atoms with E-state index in [1.54, 1.807) is 5.38 Å². The van der Waals surface area contributed by atoms with Gasteiger partial charge in [0.05, 0.1) is 15.7 Å². The van der Waals surface area contributed by atoms with E-state index in [-0.39, 0.29) is 25.8 Å². The maximum absolute atomic E-state index is 12.1. The van der Waals surface area contributed by atoms with Gasteiger partial charge in [-0.05, 0) is 12.1 Å². The molecule has 0 fully saturated rings. The molecule has 0 radical (unpaired) electrons. The monoisotopic (exact) mass is 323 g/mol. The summed E-state index contributed by atoms with van der Waals surface area (Å²) in [6.07, 6.45) is 1.49. The molecule has 0 atom stereocenters. The maximum atomic E-state index is 12.1. The summed E-state index contributed by atoms with van der Waals surface area (Å²) in [5, 5.41) is 2.00. The summed E-state index contributed by atoms with van der Waals surface area (Å²) in [5.41, 5.74) is 5.61. The Kier molecular flexibility index (Phi) is 3.67. The second-order valence-electron chi connectivity index (χ2n) is 3.22. The predicted molar refractivity (Wildman–Crippen MR) is 73.8 cm³/mol. The molecule has 5 nitrogen and oxygen atoms in total. The van der Waals surface area contributed by atoms with Crippen LogP contribution in [0.15, 0.2) is 28.6 Å². The van der Waals surface area contributed by atoms with Crippen LogP contribution < -0.4 is 10.5 Å². The lowest BCUT2D eigenvalue weighted by Crippen LogP contribution is -2.13. The van der Waals surface area contributed by atoms with Crippen molar-refractivity contribution >= 4 is 55.4 Å². The van der Waals surface area contributed by atoms with Gasteiger partial charge in [0.25, 0.3) is 10.0 Å². The molecule has 0 aliphatic heterocycles. The Balaban J connectivity index is 2.45. The topological polar surface area (TPSA) is 85.1 Å². The number of halogens is 2. The van der Waals surface area contributed by atoms with Crippen molar-refractivity contribution in [2.75, 3.05) is 10.5 Å². The van der Waals surface area contributed by atoms with Crippen molar-refractivity contribution in [3.63, 3.8) is 0 Å². The zero-order chi connectivity index (χ0) is 13.3. The molecule has 0 amide bonds. The third-order valence-electron chi connectivity index (χ3n) is 2.03. The molecular formula is C9H7Cl2N3O2S2. The SMILES string of the molecule is Nc1c(Cl)ccc(S(=O)(=O)Nc2nccs2)c1Cl. The fraction of sp³-hybridized carbons (Fsp3) is 0. The molecule has 0 aliphatic carbocycles. The third kappa shape index (κ3) is 2.54. The van der Waals surface area contributed by atoms with Crippen LogP contribution in [0.5, 0.6) is 0 Å². The van der Waals surface area contributed by atoms with E-state index in [0.717, 1.165) is 11.3 Å². The van der Waals surface area contributed by atoms with Gasteiger partial charge < -0.3 is 5.73 Å². The standard InChI is InChI=1S/C9H7Cl2N3O2S2/c10-5-1-2-6(7(11)8(5)12)18(15,16)14-9-13-3-4-17-9/h1-4H,12H2,(H,13,14). The number of sulfonamides is 1. The average molecular weight is 324 g/mol. The van der Waals surface area contributed by atoms with Crippen LogP contribution in [-0.2, 0) is 10.0 Å². The number of nitrogens with two attached hydrogens (primary N) is 1. The zero-order valence-corrected chi connectivity index (χ0v) is 11.9. The van der Waals surface area contributed by atoms with Crippen molar-refractivity contribution in [1.29, 1.82) is 0 Å². The zero-order valence-electron chi connectivity index (χ0n) is 8.72. The first kappa shape index (κ1) is 13.4. The summed E-state index contributed by atoms with van der Waals surface area (Å²) in [5.74, 6) is 0. The van der Waals surface area contributed by atoms with Gasteiger partial charge in [-0.25, -0.2) is 13.4 Å². The molecule has 1 aromatic carbocycles. The molecule has 0 saturated heterocycles. The molecule has 0 bridgehead atoms. The van der Waals surface area contributed by atoms with E-state index >= 15 is 0 Å². The highest BCUT2D eigenvalue weighted by atomic mass is 35.5. The number of nitrogens with zero attached hydrogens (tertiary/aromatic N) is 1. The minimum Gasteiger partial charge on any atom is -0.396 e. The van der Waals surface area contributed by atoms with Gasteiger partial charge in [0.2, 0.25) is 0 Å². The van der Waals surface area contributed by atoms with Crippen molar-refractivity contribution in [3.8, 4) is 0 Å². The minimum atomic E-state index is -3.83. The molecule has 1 aromatic heterocycles. The molecule has 96 valence electrons. The Morgan fingerprint density at radius 1 is 1.33 bits per heavy atom.